The van der Waals surface area contributed by atoms with E-state index in [1.54, 1.807) is 30.2 Å². The van der Waals surface area contributed by atoms with Crippen LogP contribution < -0.4 is 4.74 Å². The van der Waals surface area contributed by atoms with Crippen LogP contribution in [-0.2, 0) is 30.7 Å². The van der Waals surface area contributed by atoms with Gasteiger partial charge in [-0.1, -0.05) is 0 Å². The molecular weight excluding hydrogens is 372 g/mol. The maximum atomic E-state index is 12.9. The first kappa shape index (κ1) is 20.1. The summed E-state index contributed by atoms with van der Waals surface area (Å²) in [6, 6.07) is 4.83. The Morgan fingerprint density at radius 1 is 1.07 bits per heavy atom. The van der Waals surface area contributed by atoms with E-state index in [9.17, 15) is 13.2 Å². The molecule has 0 atom stereocenters. The number of methoxy groups -OCH3 is 1. The molecule has 1 aromatic rings. The topological polar surface area (TPSA) is 85.4 Å². The van der Waals surface area contributed by atoms with Gasteiger partial charge < -0.3 is 19.1 Å². The second-order valence-corrected chi connectivity index (χ2v) is 8.42. The lowest BCUT2D eigenvalue weighted by Gasteiger charge is -2.27. The molecule has 2 heterocycles. The van der Waals surface area contributed by atoms with E-state index in [1.807, 2.05) is 0 Å². The van der Waals surface area contributed by atoms with Crippen LogP contribution in [0.25, 0.3) is 0 Å². The molecule has 3 rings (SSSR count). The zero-order valence-electron chi connectivity index (χ0n) is 15.6. The lowest BCUT2D eigenvalue weighted by Crippen LogP contribution is -2.41. The van der Waals surface area contributed by atoms with Crippen LogP contribution in [0.2, 0.25) is 0 Å². The van der Waals surface area contributed by atoms with Crippen LogP contribution in [0, 0.1) is 0 Å². The Balaban J connectivity index is 1.74. The summed E-state index contributed by atoms with van der Waals surface area (Å²) in [7, 11) is -2.04. The number of aryl methyl sites for hydroxylation is 1. The fraction of sp³-hybridized carbons (Fsp3) is 0.611. The quantitative estimate of drug-likeness (QED) is 0.694. The predicted octanol–water partition coefficient (Wildman–Crippen LogP) is 0.508. The SMILES string of the molecule is COc1ccc(S(=O)(=O)N2CCOCC2)cc1CCC(=O)N1CCOCC1. The second-order valence-electron chi connectivity index (χ2n) is 6.48. The van der Waals surface area contributed by atoms with Crippen molar-refractivity contribution in [1.29, 1.82) is 0 Å². The van der Waals surface area contributed by atoms with Crippen LogP contribution in [0.4, 0.5) is 0 Å². The van der Waals surface area contributed by atoms with Gasteiger partial charge in [-0.25, -0.2) is 8.42 Å². The highest BCUT2D eigenvalue weighted by molar-refractivity contribution is 7.89. The molecule has 2 fully saturated rings. The van der Waals surface area contributed by atoms with E-state index < -0.39 is 10.0 Å². The third kappa shape index (κ3) is 4.78. The van der Waals surface area contributed by atoms with Gasteiger partial charge in [-0.05, 0) is 30.2 Å². The molecule has 2 aliphatic rings. The Bertz CT molecular complexity index is 755. The Labute approximate surface area is 160 Å². The van der Waals surface area contributed by atoms with E-state index in [2.05, 4.69) is 0 Å². The van der Waals surface area contributed by atoms with Crippen molar-refractivity contribution in [1.82, 2.24) is 9.21 Å². The average Bonchev–Trinajstić information content (AvgIpc) is 2.73. The Kier molecular flexibility index (Phi) is 6.69. The zero-order chi connectivity index (χ0) is 19.3. The zero-order valence-corrected chi connectivity index (χ0v) is 16.4. The van der Waals surface area contributed by atoms with E-state index in [-0.39, 0.29) is 10.8 Å². The molecule has 0 unspecified atom stereocenters. The smallest absolute Gasteiger partial charge is 0.243 e. The molecule has 8 nitrogen and oxygen atoms in total. The molecule has 0 aliphatic carbocycles. The van der Waals surface area contributed by atoms with Crippen molar-refractivity contribution in [2.75, 3.05) is 59.7 Å². The van der Waals surface area contributed by atoms with E-state index in [4.69, 9.17) is 14.2 Å². The normalized spacial score (nSPS) is 19.1. The summed E-state index contributed by atoms with van der Waals surface area (Å²) in [5.41, 5.74) is 0.716. The molecule has 0 aromatic heterocycles. The van der Waals surface area contributed by atoms with Crippen molar-refractivity contribution in [3.05, 3.63) is 23.8 Å². The highest BCUT2D eigenvalue weighted by Gasteiger charge is 2.27. The average molecular weight is 398 g/mol. The standard InChI is InChI=1S/C18H26N2O6S/c1-24-17-4-3-16(27(22,23)20-8-12-26-13-9-20)14-15(17)2-5-18(21)19-6-10-25-11-7-19/h3-4,14H,2,5-13H2,1H3. The number of rotatable bonds is 6. The summed E-state index contributed by atoms with van der Waals surface area (Å²) < 4.78 is 43.0. The lowest BCUT2D eigenvalue weighted by atomic mass is 10.1. The lowest BCUT2D eigenvalue weighted by molar-refractivity contribution is -0.135. The number of nitrogens with zero attached hydrogens (tertiary/aromatic N) is 2. The van der Waals surface area contributed by atoms with Crippen molar-refractivity contribution in [2.45, 2.75) is 17.7 Å². The third-order valence-electron chi connectivity index (χ3n) is 4.83. The minimum absolute atomic E-state index is 0.0433. The number of amides is 1. The molecule has 27 heavy (non-hydrogen) atoms. The Hall–Kier alpha value is -1.68. The van der Waals surface area contributed by atoms with Crippen LogP contribution in [0.3, 0.4) is 0 Å². The number of benzene rings is 1. The van der Waals surface area contributed by atoms with Crippen LogP contribution >= 0.6 is 0 Å². The van der Waals surface area contributed by atoms with E-state index >= 15 is 0 Å². The minimum Gasteiger partial charge on any atom is -0.496 e. The summed E-state index contributed by atoms with van der Waals surface area (Å²) in [6.45, 7) is 3.80. The van der Waals surface area contributed by atoms with Crippen molar-refractivity contribution in [3.8, 4) is 5.75 Å². The molecule has 2 saturated heterocycles. The number of morpholine rings is 2. The first-order chi connectivity index (χ1) is 13.0. The number of ether oxygens (including phenoxy) is 3. The van der Waals surface area contributed by atoms with Gasteiger partial charge in [0.05, 0.1) is 38.4 Å². The molecule has 150 valence electrons. The second kappa shape index (κ2) is 9.01. The van der Waals surface area contributed by atoms with Gasteiger partial charge in [0.25, 0.3) is 0 Å². The number of carbonyl (C=O) groups is 1. The molecule has 1 amide bonds. The largest absolute Gasteiger partial charge is 0.496 e. The van der Waals surface area contributed by atoms with Crippen molar-refractivity contribution in [2.24, 2.45) is 0 Å². The molecular formula is C18H26N2O6S. The van der Waals surface area contributed by atoms with Crippen LogP contribution in [0.5, 0.6) is 5.75 Å². The van der Waals surface area contributed by atoms with Crippen LogP contribution in [-0.4, -0.2) is 83.2 Å². The van der Waals surface area contributed by atoms with Gasteiger partial charge in [0.2, 0.25) is 15.9 Å². The number of hydrogen-bond donors (Lipinski definition) is 0. The van der Waals surface area contributed by atoms with E-state index in [1.165, 1.54) is 4.31 Å². The maximum absolute atomic E-state index is 12.9. The molecule has 1 aromatic carbocycles. The number of hydrogen-bond acceptors (Lipinski definition) is 6. The van der Waals surface area contributed by atoms with Crippen molar-refractivity contribution >= 4 is 15.9 Å². The van der Waals surface area contributed by atoms with Crippen molar-refractivity contribution in [3.63, 3.8) is 0 Å². The molecule has 0 radical (unpaired) electrons. The maximum Gasteiger partial charge on any atom is 0.243 e. The summed E-state index contributed by atoms with van der Waals surface area (Å²) >= 11 is 0. The summed E-state index contributed by atoms with van der Waals surface area (Å²) in [5, 5.41) is 0. The summed E-state index contributed by atoms with van der Waals surface area (Å²) in [5.74, 6) is 0.632. The van der Waals surface area contributed by atoms with Crippen LogP contribution in [0.1, 0.15) is 12.0 Å². The molecule has 0 N–H and O–H groups in total. The predicted molar refractivity (Wildman–Crippen MR) is 98.3 cm³/mol. The monoisotopic (exact) mass is 398 g/mol. The number of sulfonamides is 1. The molecule has 0 saturated carbocycles. The first-order valence-corrected chi connectivity index (χ1v) is 10.6. The molecule has 9 heteroatoms. The summed E-state index contributed by atoms with van der Waals surface area (Å²) in [4.78, 5) is 14.4. The van der Waals surface area contributed by atoms with Gasteiger partial charge in [-0.15, -0.1) is 0 Å². The van der Waals surface area contributed by atoms with Gasteiger partial charge in [0, 0.05) is 32.6 Å². The van der Waals surface area contributed by atoms with E-state index in [0.29, 0.717) is 76.8 Å². The first-order valence-electron chi connectivity index (χ1n) is 9.12. The highest BCUT2D eigenvalue weighted by atomic mass is 32.2. The Morgan fingerprint density at radius 3 is 2.33 bits per heavy atom. The van der Waals surface area contributed by atoms with Gasteiger partial charge in [0.1, 0.15) is 5.75 Å². The third-order valence-corrected chi connectivity index (χ3v) is 6.73. The molecule has 0 spiro atoms. The summed E-state index contributed by atoms with van der Waals surface area (Å²) in [6.07, 6.45) is 0.725. The van der Waals surface area contributed by atoms with Gasteiger partial charge in [-0.3, -0.25) is 4.79 Å². The fourth-order valence-electron chi connectivity index (χ4n) is 3.26. The van der Waals surface area contributed by atoms with E-state index in [0.717, 1.165) is 0 Å². The Morgan fingerprint density at radius 2 is 1.70 bits per heavy atom. The highest BCUT2D eigenvalue weighted by Crippen LogP contribution is 2.26. The fourth-order valence-corrected chi connectivity index (χ4v) is 4.72. The van der Waals surface area contributed by atoms with Gasteiger partial charge in [-0.2, -0.15) is 4.31 Å². The van der Waals surface area contributed by atoms with Gasteiger partial charge >= 0.3 is 0 Å². The minimum atomic E-state index is -3.58. The van der Waals surface area contributed by atoms with Gasteiger partial charge in [0.15, 0.2) is 0 Å². The van der Waals surface area contributed by atoms with Crippen molar-refractivity contribution < 1.29 is 27.4 Å². The molecule has 0 bridgehead atoms. The molecule has 2 aliphatic heterocycles. The number of carbonyl (C=O) groups excluding carboxylic acids is 1. The van der Waals surface area contributed by atoms with Crippen LogP contribution in [0.15, 0.2) is 23.1 Å².